The first-order valence-corrected chi connectivity index (χ1v) is 6.01. The zero-order valence-corrected chi connectivity index (χ0v) is 10.5. The zero-order chi connectivity index (χ0) is 12.9. The van der Waals surface area contributed by atoms with Gasteiger partial charge >= 0.3 is 6.09 Å². The van der Waals surface area contributed by atoms with Crippen molar-refractivity contribution in [2.75, 3.05) is 0 Å². The minimum absolute atomic E-state index is 0.00778. The molecular formula is C12H19F2NO2. The molecule has 0 aromatic heterocycles. The number of alkyl carbamates (subject to hydrolysis) is 1. The van der Waals surface area contributed by atoms with Crippen LogP contribution in [0.1, 0.15) is 46.5 Å². The summed E-state index contributed by atoms with van der Waals surface area (Å²) in [6, 6.07) is -0.156. The van der Waals surface area contributed by atoms with E-state index in [1.54, 1.807) is 20.8 Å². The minimum atomic E-state index is -2.53. The number of carbonyl (C=O) groups excluding carboxylic acids is 1. The van der Waals surface area contributed by atoms with Crippen molar-refractivity contribution in [2.24, 2.45) is 5.41 Å². The molecule has 2 aliphatic rings. The highest BCUT2D eigenvalue weighted by molar-refractivity contribution is 5.68. The van der Waals surface area contributed by atoms with Crippen LogP contribution in [0, 0.1) is 5.41 Å². The number of hydrogen-bond donors (Lipinski definition) is 1. The van der Waals surface area contributed by atoms with Crippen LogP contribution in [0.25, 0.3) is 0 Å². The second-order valence-corrected chi connectivity index (χ2v) is 6.24. The van der Waals surface area contributed by atoms with Crippen molar-refractivity contribution in [2.45, 2.75) is 64.0 Å². The first kappa shape index (κ1) is 12.6. The van der Waals surface area contributed by atoms with Crippen LogP contribution in [-0.4, -0.2) is 23.7 Å². The molecule has 1 N–H and O–H groups in total. The zero-order valence-electron chi connectivity index (χ0n) is 10.5. The van der Waals surface area contributed by atoms with E-state index in [1.807, 2.05) is 0 Å². The van der Waals surface area contributed by atoms with Gasteiger partial charge in [-0.3, -0.25) is 0 Å². The predicted molar refractivity (Wildman–Crippen MR) is 59.0 cm³/mol. The third-order valence-electron chi connectivity index (χ3n) is 3.69. The SMILES string of the molecule is CC(C)(C)OC(=O)NC1CC2(CCC2(F)F)C1. The number of halogens is 2. The van der Waals surface area contributed by atoms with Crippen LogP contribution in [0.2, 0.25) is 0 Å². The summed E-state index contributed by atoms with van der Waals surface area (Å²) >= 11 is 0. The minimum Gasteiger partial charge on any atom is -0.444 e. The summed E-state index contributed by atoms with van der Waals surface area (Å²) in [4.78, 5) is 11.4. The van der Waals surface area contributed by atoms with Crippen LogP contribution < -0.4 is 5.32 Å². The molecule has 0 unspecified atom stereocenters. The van der Waals surface area contributed by atoms with Crippen molar-refractivity contribution >= 4 is 6.09 Å². The Bertz CT molecular complexity index is 330. The highest BCUT2D eigenvalue weighted by Gasteiger charge is 2.67. The Balaban J connectivity index is 1.76. The maximum Gasteiger partial charge on any atom is 0.407 e. The number of nitrogens with one attached hydrogen (secondary N) is 1. The van der Waals surface area contributed by atoms with E-state index in [1.165, 1.54) is 0 Å². The van der Waals surface area contributed by atoms with Gasteiger partial charge in [0.1, 0.15) is 5.60 Å². The van der Waals surface area contributed by atoms with Gasteiger partial charge in [0.25, 0.3) is 5.92 Å². The lowest BCUT2D eigenvalue weighted by Crippen LogP contribution is -2.64. The molecule has 2 saturated carbocycles. The standard InChI is InChI=1S/C12H19F2NO2/c1-10(2,3)17-9(16)15-8-6-11(7-8)4-5-12(11,13)14/h8H,4-7H2,1-3H3,(H,15,16). The van der Waals surface area contributed by atoms with Crippen LogP contribution in [0.5, 0.6) is 0 Å². The molecule has 98 valence electrons. The summed E-state index contributed by atoms with van der Waals surface area (Å²) in [7, 11) is 0. The Hall–Kier alpha value is -0.870. The molecule has 1 spiro atoms. The van der Waals surface area contributed by atoms with Crippen molar-refractivity contribution in [3.63, 3.8) is 0 Å². The normalized spacial score (nSPS) is 34.8. The maximum absolute atomic E-state index is 13.3. The fourth-order valence-electron chi connectivity index (χ4n) is 2.63. The molecule has 2 rings (SSSR count). The fraction of sp³-hybridized carbons (Fsp3) is 0.917. The predicted octanol–water partition coefficient (Wildman–Crippen LogP) is 3.09. The van der Waals surface area contributed by atoms with E-state index in [9.17, 15) is 13.6 Å². The third-order valence-corrected chi connectivity index (χ3v) is 3.69. The van der Waals surface area contributed by atoms with Gasteiger partial charge in [0.2, 0.25) is 0 Å². The van der Waals surface area contributed by atoms with E-state index in [4.69, 9.17) is 4.74 Å². The number of alkyl halides is 2. The van der Waals surface area contributed by atoms with Crippen LogP contribution in [-0.2, 0) is 4.74 Å². The highest BCUT2D eigenvalue weighted by Crippen LogP contribution is 2.64. The summed E-state index contributed by atoms with van der Waals surface area (Å²) < 4.78 is 31.6. The second-order valence-electron chi connectivity index (χ2n) is 6.24. The lowest BCUT2D eigenvalue weighted by molar-refractivity contribution is -0.243. The lowest BCUT2D eigenvalue weighted by Gasteiger charge is -2.58. The van der Waals surface area contributed by atoms with Crippen LogP contribution in [0.3, 0.4) is 0 Å². The molecule has 17 heavy (non-hydrogen) atoms. The number of amides is 1. The second kappa shape index (κ2) is 3.56. The number of carbonyl (C=O) groups is 1. The molecule has 0 aromatic carbocycles. The Labute approximate surface area is 99.9 Å². The molecule has 1 amide bonds. The van der Waals surface area contributed by atoms with Gasteiger partial charge in [-0.1, -0.05) is 0 Å². The summed E-state index contributed by atoms with van der Waals surface area (Å²) in [5.41, 5.74) is -1.38. The highest BCUT2D eigenvalue weighted by atomic mass is 19.3. The number of hydrogen-bond acceptors (Lipinski definition) is 2. The van der Waals surface area contributed by atoms with E-state index in [2.05, 4.69) is 5.32 Å². The largest absolute Gasteiger partial charge is 0.444 e. The van der Waals surface area contributed by atoms with Gasteiger partial charge in [0.15, 0.2) is 0 Å². The van der Waals surface area contributed by atoms with Crippen molar-refractivity contribution in [3.8, 4) is 0 Å². The Morgan fingerprint density at radius 1 is 1.29 bits per heavy atom. The molecule has 2 fully saturated rings. The summed E-state index contributed by atoms with van der Waals surface area (Å²) in [6.07, 6.45) is 0.803. The van der Waals surface area contributed by atoms with Crippen LogP contribution in [0.4, 0.5) is 13.6 Å². The molecule has 0 atom stereocenters. The molecule has 5 heteroatoms. The number of ether oxygens (including phenoxy) is 1. The Morgan fingerprint density at radius 2 is 1.88 bits per heavy atom. The third kappa shape index (κ3) is 2.24. The van der Waals surface area contributed by atoms with Crippen molar-refractivity contribution < 1.29 is 18.3 Å². The van der Waals surface area contributed by atoms with Crippen molar-refractivity contribution in [1.82, 2.24) is 5.32 Å². The molecule has 0 aromatic rings. The summed E-state index contributed by atoms with van der Waals surface area (Å²) in [5, 5.41) is 2.64. The lowest BCUT2D eigenvalue weighted by atomic mass is 9.51. The topological polar surface area (TPSA) is 38.3 Å². The van der Waals surface area contributed by atoms with Crippen LogP contribution in [0.15, 0.2) is 0 Å². The van der Waals surface area contributed by atoms with E-state index in [0.717, 1.165) is 0 Å². The average Bonchev–Trinajstić information content (AvgIpc) is 2.05. The van der Waals surface area contributed by atoms with Gasteiger partial charge in [0, 0.05) is 17.9 Å². The fourth-order valence-corrected chi connectivity index (χ4v) is 2.63. The average molecular weight is 247 g/mol. The van der Waals surface area contributed by atoms with Gasteiger partial charge in [-0.25, -0.2) is 13.6 Å². The van der Waals surface area contributed by atoms with Gasteiger partial charge in [0.05, 0.1) is 0 Å². The molecule has 0 radical (unpaired) electrons. The molecule has 0 aliphatic heterocycles. The summed E-state index contributed by atoms with van der Waals surface area (Å²) in [6.45, 7) is 5.32. The van der Waals surface area contributed by atoms with Gasteiger partial charge in [-0.15, -0.1) is 0 Å². The molecule has 0 heterocycles. The molecule has 0 saturated heterocycles. The van der Waals surface area contributed by atoms with E-state index >= 15 is 0 Å². The summed E-state index contributed by atoms with van der Waals surface area (Å²) in [5.74, 6) is -2.53. The van der Waals surface area contributed by atoms with Crippen molar-refractivity contribution in [3.05, 3.63) is 0 Å². The van der Waals surface area contributed by atoms with Crippen molar-refractivity contribution in [1.29, 1.82) is 0 Å². The molecule has 0 bridgehead atoms. The smallest absolute Gasteiger partial charge is 0.407 e. The molecule has 3 nitrogen and oxygen atoms in total. The van der Waals surface area contributed by atoms with Gasteiger partial charge in [-0.2, -0.15) is 0 Å². The molecule has 2 aliphatic carbocycles. The maximum atomic E-state index is 13.3. The monoisotopic (exact) mass is 247 g/mol. The first-order chi connectivity index (χ1) is 7.64. The Morgan fingerprint density at radius 3 is 2.24 bits per heavy atom. The van der Waals surface area contributed by atoms with E-state index < -0.39 is 23.0 Å². The van der Waals surface area contributed by atoms with E-state index in [-0.39, 0.29) is 12.5 Å². The van der Waals surface area contributed by atoms with Gasteiger partial charge in [-0.05, 0) is 40.0 Å². The number of rotatable bonds is 1. The first-order valence-electron chi connectivity index (χ1n) is 6.01. The van der Waals surface area contributed by atoms with Gasteiger partial charge < -0.3 is 10.1 Å². The van der Waals surface area contributed by atoms with Crippen LogP contribution >= 0.6 is 0 Å². The van der Waals surface area contributed by atoms with E-state index in [0.29, 0.717) is 19.3 Å². The Kier molecular flexibility index (Phi) is 2.64. The molecular weight excluding hydrogens is 228 g/mol. The quantitative estimate of drug-likeness (QED) is 0.773.